The maximum atomic E-state index is 13.9. The fourth-order valence-electron chi connectivity index (χ4n) is 2.27. The Balaban J connectivity index is 1.79. The second-order valence-electron chi connectivity index (χ2n) is 5.01. The molecule has 1 aromatic carbocycles. The molecule has 0 unspecified atom stereocenters. The van der Waals surface area contributed by atoms with Gasteiger partial charge in [-0.15, -0.1) is 0 Å². The maximum absolute atomic E-state index is 13.9. The van der Waals surface area contributed by atoms with E-state index in [0.29, 0.717) is 23.5 Å². The van der Waals surface area contributed by atoms with Gasteiger partial charge in [0.1, 0.15) is 11.5 Å². The van der Waals surface area contributed by atoms with E-state index in [4.69, 9.17) is 0 Å². The van der Waals surface area contributed by atoms with Gasteiger partial charge in [0, 0.05) is 6.20 Å². The van der Waals surface area contributed by atoms with E-state index in [-0.39, 0.29) is 11.7 Å². The van der Waals surface area contributed by atoms with E-state index >= 15 is 0 Å². The van der Waals surface area contributed by atoms with Crippen LogP contribution in [0, 0.1) is 12.7 Å². The molecule has 0 saturated heterocycles. The summed E-state index contributed by atoms with van der Waals surface area (Å²) >= 11 is 0. The summed E-state index contributed by atoms with van der Waals surface area (Å²) in [4.78, 5) is 16.4. The Labute approximate surface area is 132 Å². The van der Waals surface area contributed by atoms with E-state index in [1.54, 1.807) is 31.3 Å². The van der Waals surface area contributed by atoms with Crippen molar-refractivity contribution >= 4 is 5.91 Å². The predicted octanol–water partition coefficient (Wildman–Crippen LogP) is 2.64. The molecule has 0 atom stereocenters. The van der Waals surface area contributed by atoms with Crippen molar-refractivity contribution in [3.05, 3.63) is 77.6 Å². The maximum Gasteiger partial charge on any atom is 0.255 e. The average Bonchev–Trinajstić information content (AvgIpc) is 2.95. The van der Waals surface area contributed by atoms with E-state index in [1.807, 2.05) is 18.2 Å². The summed E-state index contributed by atoms with van der Waals surface area (Å²) in [7, 11) is 0. The summed E-state index contributed by atoms with van der Waals surface area (Å²) in [6.07, 6.45) is 3.11. The van der Waals surface area contributed by atoms with Gasteiger partial charge in [-0.25, -0.2) is 9.07 Å². The normalized spacial score (nSPS) is 10.5. The van der Waals surface area contributed by atoms with Gasteiger partial charge in [0.15, 0.2) is 0 Å². The zero-order chi connectivity index (χ0) is 16.2. The van der Waals surface area contributed by atoms with Gasteiger partial charge in [-0.3, -0.25) is 9.78 Å². The molecule has 0 aliphatic rings. The van der Waals surface area contributed by atoms with Crippen molar-refractivity contribution in [3.63, 3.8) is 0 Å². The van der Waals surface area contributed by atoms with Crippen molar-refractivity contribution in [2.45, 2.75) is 13.5 Å². The molecule has 0 fully saturated rings. The lowest BCUT2D eigenvalue weighted by atomic mass is 10.2. The summed E-state index contributed by atoms with van der Waals surface area (Å²) in [6.45, 7) is 2.05. The molecule has 3 rings (SSSR count). The number of carbonyl (C=O) groups is 1. The van der Waals surface area contributed by atoms with Crippen LogP contribution >= 0.6 is 0 Å². The average molecular weight is 310 g/mol. The molecule has 6 heteroatoms. The van der Waals surface area contributed by atoms with Gasteiger partial charge in [-0.1, -0.05) is 18.2 Å². The summed E-state index contributed by atoms with van der Waals surface area (Å²) in [5.74, 6) is -0.658. The van der Waals surface area contributed by atoms with Crippen molar-refractivity contribution in [2.75, 3.05) is 0 Å². The van der Waals surface area contributed by atoms with Crippen LogP contribution in [0.2, 0.25) is 0 Å². The van der Waals surface area contributed by atoms with Crippen LogP contribution < -0.4 is 5.32 Å². The van der Waals surface area contributed by atoms with Crippen LogP contribution in [0.25, 0.3) is 5.69 Å². The first-order valence-corrected chi connectivity index (χ1v) is 7.14. The molecule has 5 nitrogen and oxygen atoms in total. The number of nitrogens with one attached hydrogen (secondary N) is 1. The van der Waals surface area contributed by atoms with Crippen molar-refractivity contribution in [3.8, 4) is 5.69 Å². The first-order valence-electron chi connectivity index (χ1n) is 7.14. The zero-order valence-corrected chi connectivity index (χ0v) is 12.5. The zero-order valence-electron chi connectivity index (χ0n) is 12.5. The van der Waals surface area contributed by atoms with Crippen LogP contribution in [0.5, 0.6) is 0 Å². The number of pyridine rings is 1. The number of para-hydroxylation sites is 1. The van der Waals surface area contributed by atoms with Crippen LogP contribution in [-0.4, -0.2) is 20.7 Å². The molecule has 1 N–H and O–H groups in total. The molecule has 23 heavy (non-hydrogen) atoms. The first kappa shape index (κ1) is 14.9. The Morgan fingerprint density at radius 3 is 2.74 bits per heavy atom. The van der Waals surface area contributed by atoms with Crippen molar-refractivity contribution in [1.29, 1.82) is 0 Å². The topological polar surface area (TPSA) is 59.8 Å². The standard InChI is InChI=1S/C17H15FN4O/c1-12-14(17(23)20-10-13-6-4-5-9-19-13)11-21-22(12)16-8-3-2-7-15(16)18/h2-9,11H,10H2,1H3,(H,20,23). The third-order valence-corrected chi connectivity index (χ3v) is 3.49. The molecular formula is C17H15FN4O. The number of rotatable bonds is 4. The Kier molecular flexibility index (Phi) is 4.14. The number of benzene rings is 1. The number of hydrogen-bond acceptors (Lipinski definition) is 3. The highest BCUT2D eigenvalue weighted by Gasteiger charge is 2.16. The highest BCUT2D eigenvalue weighted by molar-refractivity contribution is 5.95. The highest BCUT2D eigenvalue weighted by Crippen LogP contribution is 2.17. The smallest absolute Gasteiger partial charge is 0.255 e. The van der Waals surface area contributed by atoms with E-state index in [1.165, 1.54) is 16.9 Å². The van der Waals surface area contributed by atoms with Crippen LogP contribution in [0.3, 0.4) is 0 Å². The van der Waals surface area contributed by atoms with Gasteiger partial charge in [0.05, 0.1) is 29.7 Å². The molecule has 0 radical (unpaired) electrons. The lowest BCUT2D eigenvalue weighted by Crippen LogP contribution is -2.23. The van der Waals surface area contributed by atoms with E-state index in [9.17, 15) is 9.18 Å². The number of amides is 1. The Hall–Kier alpha value is -3.02. The van der Waals surface area contributed by atoms with Gasteiger partial charge in [-0.2, -0.15) is 5.10 Å². The lowest BCUT2D eigenvalue weighted by molar-refractivity contribution is 0.0949. The molecule has 2 heterocycles. The Bertz CT molecular complexity index is 830. The number of aromatic nitrogens is 3. The van der Waals surface area contributed by atoms with Crippen molar-refractivity contribution in [2.24, 2.45) is 0 Å². The number of nitrogens with zero attached hydrogens (tertiary/aromatic N) is 3. The molecule has 0 bridgehead atoms. The molecule has 0 saturated carbocycles. The monoisotopic (exact) mass is 310 g/mol. The van der Waals surface area contributed by atoms with Gasteiger partial charge in [0.25, 0.3) is 5.91 Å². The Morgan fingerprint density at radius 1 is 1.22 bits per heavy atom. The van der Waals surface area contributed by atoms with E-state index in [0.717, 1.165) is 5.69 Å². The van der Waals surface area contributed by atoms with Crippen LogP contribution in [-0.2, 0) is 6.54 Å². The van der Waals surface area contributed by atoms with Gasteiger partial charge < -0.3 is 5.32 Å². The third-order valence-electron chi connectivity index (χ3n) is 3.49. The minimum absolute atomic E-state index is 0.268. The van der Waals surface area contributed by atoms with Crippen LogP contribution in [0.15, 0.2) is 54.9 Å². The summed E-state index contributed by atoms with van der Waals surface area (Å²) < 4.78 is 15.3. The largest absolute Gasteiger partial charge is 0.346 e. The van der Waals surface area contributed by atoms with Gasteiger partial charge >= 0.3 is 0 Å². The second kappa shape index (κ2) is 6.39. The second-order valence-corrected chi connectivity index (χ2v) is 5.01. The van der Waals surface area contributed by atoms with Crippen molar-refractivity contribution in [1.82, 2.24) is 20.1 Å². The predicted molar refractivity (Wildman–Crippen MR) is 83.7 cm³/mol. The van der Waals surface area contributed by atoms with Gasteiger partial charge in [-0.05, 0) is 31.2 Å². The Morgan fingerprint density at radius 2 is 2.00 bits per heavy atom. The van der Waals surface area contributed by atoms with Crippen LogP contribution in [0.4, 0.5) is 4.39 Å². The first-order chi connectivity index (χ1) is 11.2. The lowest BCUT2D eigenvalue weighted by Gasteiger charge is -2.07. The number of carbonyl (C=O) groups excluding carboxylic acids is 1. The number of hydrogen-bond donors (Lipinski definition) is 1. The molecule has 116 valence electrons. The summed E-state index contributed by atoms with van der Waals surface area (Å²) in [6, 6.07) is 11.8. The van der Waals surface area contributed by atoms with Crippen molar-refractivity contribution < 1.29 is 9.18 Å². The molecule has 1 amide bonds. The molecule has 0 aliphatic carbocycles. The summed E-state index contributed by atoms with van der Waals surface area (Å²) in [5.41, 5.74) is 2.06. The molecule has 3 aromatic rings. The molecular weight excluding hydrogens is 295 g/mol. The fraction of sp³-hybridized carbons (Fsp3) is 0.118. The van der Waals surface area contributed by atoms with Gasteiger partial charge in [0.2, 0.25) is 0 Å². The molecule has 0 spiro atoms. The number of halogens is 1. The minimum atomic E-state index is -0.390. The van der Waals surface area contributed by atoms with E-state index < -0.39 is 0 Å². The highest BCUT2D eigenvalue weighted by atomic mass is 19.1. The summed E-state index contributed by atoms with van der Waals surface area (Å²) in [5, 5.41) is 6.91. The SMILES string of the molecule is Cc1c(C(=O)NCc2ccccn2)cnn1-c1ccccc1F. The van der Waals surface area contributed by atoms with Crippen LogP contribution in [0.1, 0.15) is 21.7 Å². The fourth-order valence-corrected chi connectivity index (χ4v) is 2.27. The quantitative estimate of drug-likeness (QED) is 0.806. The minimum Gasteiger partial charge on any atom is -0.346 e. The third kappa shape index (κ3) is 3.11. The molecule has 2 aromatic heterocycles. The molecule has 0 aliphatic heterocycles. The van der Waals surface area contributed by atoms with E-state index in [2.05, 4.69) is 15.4 Å².